The number of aromatic nitrogens is 4. The standard InChI is InChI=1S/2C21H17N2.C2H7Si.2ClH.Zr/c2*1-2-15-11-16-13-17(20-7-3-5-9-22-20)14-19(18(16)12-15)21-8-4-6-10-23-21;1-3-2;;;/h2*3-14H,2H2,1H3;3H,1-2H3;2*1H;/q;;;;;+2/p-2. The van der Waals surface area contributed by atoms with Crippen LogP contribution in [0, 0.1) is 0 Å². The number of pyridine rings is 4. The van der Waals surface area contributed by atoms with Crippen molar-refractivity contribution in [2.24, 2.45) is 0 Å². The molecular weight excluding hydrogens is 775 g/mol. The summed E-state index contributed by atoms with van der Waals surface area (Å²) in [6.07, 6.45) is 14.0. The summed E-state index contributed by atoms with van der Waals surface area (Å²) < 4.78 is -0.129. The third kappa shape index (κ3) is 5.74. The second-order valence-corrected chi connectivity index (χ2v) is 56.8. The fourth-order valence-corrected chi connectivity index (χ4v) is 40.4. The van der Waals surface area contributed by atoms with Gasteiger partial charge < -0.3 is 0 Å². The van der Waals surface area contributed by atoms with E-state index in [1.807, 2.05) is 61.2 Å². The number of benzene rings is 2. The van der Waals surface area contributed by atoms with Crippen LogP contribution in [0.2, 0.25) is 13.1 Å². The molecule has 0 aliphatic heterocycles. The third-order valence-corrected chi connectivity index (χ3v) is 63.1. The zero-order valence-electron chi connectivity index (χ0n) is 29.9. The van der Waals surface area contributed by atoms with Gasteiger partial charge in [-0.05, 0) is 0 Å². The molecule has 6 aromatic rings. The summed E-state index contributed by atoms with van der Waals surface area (Å²) in [4.78, 5) is 19.3. The van der Waals surface area contributed by atoms with Crippen LogP contribution >= 0.6 is 17.0 Å². The molecule has 0 amide bonds. The first-order valence-corrected chi connectivity index (χ1v) is 34.5. The Kier molecular flexibility index (Phi) is 9.41. The summed E-state index contributed by atoms with van der Waals surface area (Å²) in [6, 6.07) is 33.6. The van der Waals surface area contributed by atoms with Crippen LogP contribution in [-0.2, 0) is 15.6 Å². The fraction of sp³-hybridized carbons (Fsp3) is 0.182. The Balaban J connectivity index is 1.42. The van der Waals surface area contributed by atoms with E-state index in [0.717, 1.165) is 57.9 Å². The monoisotopic (exact) mass is 813 g/mol. The molecule has 2 unspecified atom stereocenters. The molecule has 0 saturated heterocycles. The van der Waals surface area contributed by atoms with Crippen LogP contribution in [-0.4, -0.2) is 25.9 Å². The van der Waals surface area contributed by atoms with E-state index >= 15 is 0 Å². The summed E-state index contributed by atoms with van der Waals surface area (Å²) >= 11 is -5.11. The van der Waals surface area contributed by atoms with Crippen molar-refractivity contribution in [1.82, 2.24) is 19.9 Å². The van der Waals surface area contributed by atoms with Crippen molar-refractivity contribution in [3.05, 3.63) is 155 Å². The van der Waals surface area contributed by atoms with Crippen molar-refractivity contribution in [2.75, 3.05) is 0 Å². The normalized spacial score (nSPS) is 17.2. The maximum atomic E-state index is 8.83. The Hall–Kier alpha value is -3.80. The predicted molar refractivity (Wildman–Crippen MR) is 218 cm³/mol. The molecule has 2 aromatic carbocycles. The van der Waals surface area contributed by atoms with Crippen LogP contribution in [0.15, 0.2) is 133 Å². The summed E-state index contributed by atoms with van der Waals surface area (Å²) in [5.41, 5.74) is 15.5. The topological polar surface area (TPSA) is 51.6 Å². The minimum absolute atomic E-state index is 0.0646. The van der Waals surface area contributed by atoms with Crippen LogP contribution < -0.4 is 0 Å². The molecule has 8 heteroatoms. The van der Waals surface area contributed by atoms with E-state index in [0.29, 0.717) is 0 Å². The summed E-state index contributed by atoms with van der Waals surface area (Å²) in [6.45, 7) is 9.33. The van der Waals surface area contributed by atoms with E-state index in [4.69, 9.17) is 37.0 Å². The molecule has 0 fully saturated rings. The number of rotatable bonds is 9. The van der Waals surface area contributed by atoms with E-state index < -0.39 is 21.5 Å². The van der Waals surface area contributed by atoms with Crippen molar-refractivity contribution in [3.8, 4) is 45.0 Å². The molecule has 4 nitrogen and oxygen atoms in total. The average Bonchev–Trinajstić information content (AvgIpc) is 3.78. The SMILES string of the molecule is CCC1=Cc2c(-c3ccccn3)cc(-c3ccccn3)cc2[CH]1[Zr]([Cl])([Cl])([CH]1C(CC)=Cc2c(-c3ccccn3)cc(-c3ccccn3)cc21)[SiH](C)C. The Bertz CT molecular complexity index is 2190. The van der Waals surface area contributed by atoms with Gasteiger partial charge in [-0.2, -0.15) is 0 Å². The summed E-state index contributed by atoms with van der Waals surface area (Å²) in [7, 11) is 17.7. The molecule has 259 valence electrons. The Morgan fingerprint density at radius 1 is 0.538 bits per heavy atom. The second kappa shape index (κ2) is 13.9. The quantitative estimate of drug-likeness (QED) is 0.136. The number of hydrogen-bond donors (Lipinski definition) is 0. The van der Waals surface area contributed by atoms with Gasteiger partial charge in [0.25, 0.3) is 0 Å². The van der Waals surface area contributed by atoms with Gasteiger partial charge in [0.15, 0.2) is 0 Å². The van der Waals surface area contributed by atoms with Crippen molar-refractivity contribution in [1.29, 1.82) is 0 Å². The third-order valence-electron chi connectivity index (χ3n) is 11.3. The van der Waals surface area contributed by atoms with Crippen molar-refractivity contribution < 1.29 is 15.6 Å². The van der Waals surface area contributed by atoms with Gasteiger partial charge in [-0.1, -0.05) is 0 Å². The number of hydrogen-bond acceptors (Lipinski definition) is 4. The van der Waals surface area contributed by atoms with E-state index in [1.54, 1.807) is 0 Å². The molecule has 52 heavy (non-hydrogen) atoms. The molecule has 8 rings (SSSR count). The number of allylic oxidation sites excluding steroid dienone is 2. The zero-order valence-corrected chi connectivity index (χ0v) is 35.0. The maximum absolute atomic E-state index is 8.83. The first-order chi connectivity index (χ1) is 25.2. The van der Waals surface area contributed by atoms with Crippen molar-refractivity contribution in [2.45, 2.75) is 47.0 Å². The first-order valence-electron chi connectivity index (χ1n) is 18.2. The van der Waals surface area contributed by atoms with Gasteiger partial charge in [0.05, 0.1) is 0 Å². The van der Waals surface area contributed by atoms with E-state index in [9.17, 15) is 0 Å². The zero-order chi connectivity index (χ0) is 36.1. The predicted octanol–water partition coefficient (Wildman–Crippen LogP) is 12.3. The second-order valence-electron chi connectivity index (χ2n) is 14.3. The minimum atomic E-state index is -5.11. The molecule has 4 aromatic heterocycles. The molecule has 0 bridgehead atoms. The number of nitrogens with zero attached hydrogens (tertiary/aromatic N) is 4. The van der Waals surface area contributed by atoms with Gasteiger partial charge in [0.1, 0.15) is 0 Å². The molecule has 2 aliphatic carbocycles. The van der Waals surface area contributed by atoms with E-state index in [-0.39, 0.29) is 7.25 Å². The van der Waals surface area contributed by atoms with Crippen molar-refractivity contribution in [3.63, 3.8) is 0 Å². The number of fused-ring (bicyclic) bond motifs is 2. The molecular formula is C44H41Cl2N4SiZr. The Labute approximate surface area is 315 Å². The van der Waals surface area contributed by atoms with Gasteiger partial charge in [0.2, 0.25) is 0 Å². The van der Waals surface area contributed by atoms with Gasteiger partial charge in [0, 0.05) is 0 Å². The summed E-state index contributed by atoms with van der Waals surface area (Å²) in [5, 5.41) is 0. The fourth-order valence-electron chi connectivity index (χ4n) is 8.67. The molecule has 0 saturated carbocycles. The molecule has 0 radical (unpaired) electrons. The number of halogens is 2. The van der Waals surface area contributed by atoms with E-state index in [2.05, 4.69) is 99.8 Å². The van der Waals surface area contributed by atoms with Crippen LogP contribution in [0.5, 0.6) is 0 Å². The van der Waals surface area contributed by atoms with Gasteiger partial charge in [-0.15, -0.1) is 0 Å². The molecule has 0 N–H and O–H groups in total. The average molecular weight is 816 g/mol. The molecule has 2 aliphatic rings. The molecule has 2 atom stereocenters. The van der Waals surface area contributed by atoms with Crippen LogP contribution in [0.3, 0.4) is 0 Å². The molecule has 0 spiro atoms. The van der Waals surface area contributed by atoms with Crippen LogP contribution in [0.4, 0.5) is 0 Å². The van der Waals surface area contributed by atoms with Gasteiger partial charge >= 0.3 is 318 Å². The molecule has 4 heterocycles. The Morgan fingerprint density at radius 3 is 1.21 bits per heavy atom. The van der Waals surface area contributed by atoms with E-state index in [1.165, 1.54) is 33.4 Å². The van der Waals surface area contributed by atoms with Gasteiger partial charge in [-0.3, -0.25) is 0 Å². The summed E-state index contributed by atoms with van der Waals surface area (Å²) in [5.74, 6) is -1.81. The Morgan fingerprint density at radius 2 is 0.904 bits per heavy atom. The van der Waals surface area contributed by atoms with Crippen LogP contribution in [0.1, 0.15) is 56.2 Å². The first kappa shape index (κ1) is 35.2. The van der Waals surface area contributed by atoms with Gasteiger partial charge in [-0.25, -0.2) is 0 Å². The van der Waals surface area contributed by atoms with Crippen molar-refractivity contribution >= 4 is 35.1 Å². The van der Waals surface area contributed by atoms with Crippen LogP contribution in [0.25, 0.3) is 57.2 Å².